The van der Waals surface area contributed by atoms with Crippen LogP contribution in [0.4, 0.5) is 0 Å². The van der Waals surface area contributed by atoms with E-state index in [9.17, 15) is 4.79 Å². The zero-order valence-electron chi connectivity index (χ0n) is 15.8. The number of carbonyl (C=O) groups excluding carboxylic acids is 1. The Morgan fingerprint density at radius 1 is 1.15 bits per heavy atom. The van der Waals surface area contributed by atoms with E-state index in [0.29, 0.717) is 12.1 Å². The summed E-state index contributed by atoms with van der Waals surface area (Å²) in [6.07, 6.45) is 0.786. The molecule has 0 saturated carbocycles. The summed E-state index contributed by atoms with van der Waals surface area (Å²) in [6, 6.07) is 15.9. The SMILES string of the molecule is CCc1c(-c2ccc(Br)cc2)c(C(N)=O)c(C)n1Cc1ccccc1OC. The van der Waals surface area contributed by atoms with Crippen LogP contribution in [-0.4, -0.2) is 17.6 Å². The van der Waals surface area contributed by atoms with Gasteiger partial charge in [0, 0.05) is 27.0 Å². The van der Waals surface area contributed by atoms with Gasteiger partial charge in [-0.3, -0.25) is 4.79 Å². The van der Waals surface area contributed by atoms with Gasteiger partial charge < -0.3 is 15.0 Å². The van der Waals surface area contributed by atoms with Crippen molar-refractivity contribution in [2.45, 2.75) is 26.8 Å². The van der Waals surface area contributed by atoms with Gasteiger partial charge in [-0.25, -0.2) is 0 Å². The summed E-state index contributed by atoms with van der Waals surface area (Å²) in [5.41, 5.74) is 11.3. The van der Waals surface area contributed by atoms with Gasteiger partial charge in [0.25, 0.3) is 5.91 Å². The number of nitrogens with two attached hydrogens (primary N) is 1. The molecule has 0 aliphatic rings. The van der Waals surface area contributed by atoms with Crippen LogP contribution in [-0.2, 0) is 13.0 Å². The molecule has 4 nitrogen and oxygen atoms in total. The Balaban J connectivity index is 2.22. The molecule has 27 heavy (non-hydrogen) atoms. The van der Waals surface area contributed by atoms with Crippen LogP contribution in [0.25, 0.3) is 11.1 Å². The van der Waals surface area contributed by atoms with Gasteiger partial charge in [0.1, 0.15) is 5.75 Å². The minimum Gasteiger partial charge on any atom is -0.496 e. The van der Waals surface area contributed by atoms with E-state index in [1.807, 2.05) is 55.5 Å². The molecule has 0 unspecified atom stereocenters. The number of hydrogen-bond acceptors (Lipinski definition) is 2. The number of para-hydroxylation sites is 1. The zero-order chi connectivity index (χ0) is 19.6. The molecular formula is C22H23BrN2O2. The van der Waals surface area contributed by atoms with Crippen molar-refractivity contribution in [2.24, 2.45) is 5.73 Å². The Morgan fingerprint density at radius 2 is 1.81 bits per heavy atom. The molecule has 5 heteroatoms. The first-order valence-electron chi connectivity index (χ1n) is 8.87. The van der Waals surface area contributed by atoms with Crippen molar-refractivity contribution >= 4 is 21.8 Å². The highest BCUT2D eigenvalue weighted by Gasteiger charge is 2.24. The van der Waals surface area contributed by atoms with Crippen LogP contribution in [0.1, 0.15) is 34.2 Å². The lowest BCUT2D eigenvalue weighted by atomic mass is 9.99. The summed E-state index contributed by atoms with van der Waals surface area (Å²) < 4.78 is 8.67. The predicted molar refractivity (Wildman–Crippen MR) is 112 cm³/mol. The van der Waals surface area contributed by atoms with Crippen LogP contribution in [0.5, 0.6) is 5.75 Å². The second kappa shape index (κ2) is 8.01. The number of amides is 1. The zero-order valence-corrected chi connectivity index (χ0v) is 17.3. The van der Waals surface area contributed by atoms with Gasteiger partial charge in [-0.1, -0.05) is 53.2 Å². The predicted octanol–water partition coefficient (Wildman–Crippen LogP) is 4.94. The maximum absolute atomic E-state index is 12.3. The number of primary amides is 1. The van der Waals surface area contributed by atoms with Crippen LogP contribution < -0.4 is 10.5 Å². The lowest BCUT2D eigenvalue weighted by molar-refractivity contribution is 0.1000. The topological polar surface area (TPSA) is 57.2 Å². The lowest BCUT2D eigenvalue weighted by Gasteiger charge is -2.14. The number of benzene rings is 2. The van der Waals surface area contributed by atoms with E-state index in [2.05, 4.69) is 27.4 Å². The molecule has 140 valence electrons. The number of methoxy groups -OCH3 is 1. The fourth-order valence-corrected chi connectivity index (χ4v) is 3.88. The molecule has 0 aliphatic heterocycles. The normalized spacial score (nSPS) is 10.8. The fraction of sp³-hybridized carbons (Fsp3) is 0.227. The van der Waals surface area contributed by atoms with Crippen LogP contribution in [0.3, 0.4) is 0 Å². The van der Waals surface area contributed by atoms with Gasteiger partial charge in [-0.05, 0) is 37.1 Å². The summed E-state index contributed by atoms with van der Waals surface area (Å²) in [4.78, 5) is 12.3. The van der Waals surface area contributed by atoms with Crippen LogP contribution in [0.15, 0.2) is 53.0 Å². The van der Waals surface area contributed by atoms with Crippen molar-refractivity contribution in [3.8, 4) is 16.9 Å². The largest absolute Gasteiger partial charge is 0.496 e. The van der Waals surface area contributed by atoms with Crippen molar-refractivity contribution in [3.63, 3.8) is 0 Å². The van der Waals surface area contributed by atoms with Gasteiger partial charge in [0.2, 0.25) is 0 Å². The Labute approximate surface area is 168 Å². The van der Waals surface area contributed by atoms with E-state index >= 15 is 0 Å². The van der Waals surface area contributed by atoms with Gasteiger partial charge in [0.05, 0.1) is 19.2 Å². The molecule has 3 rings (SSSR count). The number of aromatic nitrogens is 1. The fourth-order valence-electron chi connectivity index (χ4n) is 3.61. The summed E-state index contributed by atoms with van der Waals surface area (Å²) in [5.74, 6) is 0.428. The second-order valence-corrected chi connectivity index (χ2v) is 7.32. The number of ether oxygens (including phenoxy) is 1. The summed E-state index contributed by atoms with van der Waals surface area (Å²) >= 11 is 3.47. The van der Waals surface area contributed by atoms with Crippen LogP contribution >= 0.6 is 15.9 Å². The first-order valence-corrected chi connectivity index (χ1v) is 9.66. The average Bonchev–Trinajstić information content (AvgIpc) is 2.94. The van der Waals surface area contributed by atoms with Crippen LogP contribution in [0.2, 0.25) is 0 Å². The summed E-state index contributed by atoms with van der Waals surface area (Å²) in [6.45, 7) is 4.67. The van der Waals surface area contributed by atoms with E-state index < -0.39 is 5.91 Å². The maximum atomic E-state index is 12.3. The molecule has 1 amide bonds. The Hall–Kier alpha value is -2.53. The third-order valence-corrected chi connectivity index (χ3v) is 5.39. The molecule has 1 heterocycles. The standard InChI is InChI=1S/C22H23BrN2O2/c1-4-18-21(15-9-11-17(23)12-10-15)20(22(24)26)14(2)25(18)13-16-7-5-6-8-19(16)27-3/h5-12H,4,13H2,1-3H3,(H2,24,26). The lowest BCUT2D eigenvalue weighted by Crippen LogP contribution is -2.13. The Bertz CT molecular complexity index is 975. The van der Waals surface area contributed by atoms with E-state index in [-0.39, 0.29) is 0 Å². The summed E-state index contributed by atoms with van der Waals surface area (Å²) in [7, 11) is 1.67. The third-order valence-electron chi connectivity index (χ3n) is 4.87. The number of rotatable bonds is 6. The smallest absolute Gasteiger partial charge is 0.251 e. The number of carbonyl (C=O) groups is 1. The molecule has 0 aliphatic carbocycles. The van der Waals surface area contributed by atoms with Gasteiger partial charge in [-0.2, -0.15) is 0 Å². The highest BCUT2D eigenvalue weighted by molar-refractivity contribution is 9.10. The van der Waals surface area contributed by atoms with Gasteiger partial charge >= 0.3 is 0 Å². The van der Waals surface area contributed by atoms with Crippen molar-refractivity contribution in [2.75, 3.05) is 7.11 Å². The van der Waals surface area contributed by atoms with Crippen molar-refractivity contribution in [1.29, 1.82) is 0 Å². The first-order chi connectivity index (χ1) is 13.0. The molecular weight excluding hydrogens is 404 g/mol. The molecule has 0 spiro atoms. The summed E-state index contributed by atoms with van der Waals surface area (Å²) in [5, 5.41) is 0. The van der Waals surface area contributed by atoms with E-state index in [1.54, 1.807) is 7.11 Å². The number of halogens is 1. The molecule has 2 N–H and O–H groups in total. The van der Waals surface area contributed by atoms with Crippen LogP contribution in [0, 0.1) is 6.92 Å². The van der Waals surface area contributed by atoms with Crippen molar-refractivity contribution in [1.82, 2.24) is 4.57 Å². The quantitative estimate of drug-likeness (QED) is 0.606. The molecule has 0 bridgehead atoms. The minimum atomic E-state index is -0.404. The van der Waals surface area contributed by atoms with Gasteiger partial charge in [-0.15, -0.1) is 0 Å². The molecule has 0 atom stereocenters. The molecule has 0 fully saturated rings. The third kappa shape index (κ3) is 3.65. The van der Waals surface area contributed by atoms with Crippen molar-refractivity contribution < 1.29 is 9.53 Å². The first kappa shape index (κ1) is 19.2. The second-order valence-electron chi connectivity index (χ2n) is 6.40. The highest BCUT2D eigenvalue weighted by Crippen LogP contribution is 2.35. The van der Waals surface area contributed by atoms with Crippen molar-refractivity contribution in [3.05, 3.63) is 75.5 Å². The molecule has 0 saturated heterocycles. The van der Waals surface area contributed by atoms with E-state index in [4.69, 9.17) is 10.5 Å². The maximum Gasteiger partial charge on any atom is 0.251 e. The van der Waals surface area contributed by atoms with Gasteiger partial charge in [0.15, 0.2) is 0 Å². The average molecular weight is 427 g/mol. The molecule has 0 radical (unpaired) electrons. The van der Waals surface area contributed by atoms with E-state index in [0.717, 1.165) is 44.7 Å². The molecule has 1 aromatic heterocycles. The minimum absolute atomic E-state index is 0.404. The number of nitrogens with zero attached hydrogens (tertiary/aromatic N) is 1. The number of hydrogen-bond donors (Lipinski definition) is 1. The van der Waals surface area contributed by atoms with E-state index in [1.165, 1.54) is 0 Å². The monoisotopic (exact) mass is 426 g/mol. The molecule has 2 aromatic carbocycles. The molecule has 3 aromatic rings. The Morgan fingerprint density at radius 3 is 2.41 bits per heavy atom. The Kier molecular flexibility index (Phi) is 5.71. The highest BCUT2D eigenvalue weighted by atomic mass is 79.9.